The van der Waals surface area contributed by atoms with Crippen molar-refractivity contribution < 1.29 is 4.42 Å². The van der Waals surface area contributed by atoms with E-state index in [0.29, 0.717) is 0 Å². The highest BCUT2D eigenvalue weighted by Crippen LogP contribution is 2.17. The highest BCUT2D eigenvalue weighted by molar-refractivity contribution is 7.07. The molecule has 0 aliphatic heterocycles. The maximum absolute atomic E-state index is 5.03. The summed E-state index contributed by atoms with van der Waals surface area (Å²) in [4.78, 5) is 4.29. The van der Waals surface area contributed by atoms with Gasteiger partial charge in [-0.25, -0.2) is 4.98 Å². The number of furan rings is 1. The van der Waals surface area contributed by atoms with Gasteiger partial charge < -0.3 is 9.73 Å². The maximum Gasteiger partial charge on any atom is 0.0935 e. The topological polar surface area (TPSA) is 38.1 Å². The van der Waals surface area contributed by atoms with Crippen LogP contribution in [0.25, 0.3) is 0 Å². The molecule has 0 radical (unpaired) electrons. The molecule has 0 bridgehead atoms. The lowest BCUT2D eigenvalue weighted by Crippen LogP contribution is -2.18. The van der Waals surface area contributed by atoms with Crippen molar-refractivity contribution in [3.05, 3.63) is 40.7 Å². The molecule has 74 valence electrons. The normalized spacial score (nSPS) is 12.9. The Morgan fingerprint density at radius 1 is 1.64 bits per heavy atom. The second-order valence-corrected chi connectivity index (χ2v) is 3.81. The van der Waals surface area contributed by atoms with Crippen molar-refractivity contribution in [2.45, 2.75) is 12.5 Å². The Balaban J connectivity index is 2.08. The van der Waals surface area contributed by atoms with E-state index < -0.39 is 0 Å². The summed E-state index contributed by atoms with van der Waals surface area (Å²) in [7, 11) is 1.95. The molecule has 0 aromatic carbocycles. The number of nitrogens with zero attached hydrogens (tertiary/aromatic N) is 1. The molecule has 2 aromatic rings. The summed E-state index contributed by atoms with van der Waals surface area (Å²) in [5, 5.41) is 5.32. The van der Waals surface area contributed by atoms with Crippen molar-refractivity contribution in [1.82, 2.24) is 10.3 Å². The summed E-state index contributed by atoms with van der Waals surface area (Å²) >= 11 is 1.62. The van der Waals surface area contributed by atoms with E-state index in [1.165, 1.54) is 5.56 Å². The fourth-order valence-electron chi connectivity index (χ4n) is 1.39. The van der Waals surface area contributed by atoms with E-state index in [-0.39, 0.29) is 6.04 Å². The molecule has 0 aliphatic carbocycles. The van der Waals surface area contributed by atoms with Crippen LogP contribution in [0, 0.1) is 0 Å². The fraction of sp³-hybridized carbons (Fsp3) is 0.300. The lowest BCUT2D eigenvalue weighted by atomic mass is 10.1. The van der Waals surface area contributed by atoms with E-state index in [4.69, 9.17) is 4.42 Å². The number of thiazole rings is 1. The summed E-state index contributed by atoms with van der Waals surface area (Å²) in [6.45, 7) is 0. The molecular formula is C10H12N2OS. The number of rotatable bonds is 4. The van der Waals surface area contributed by atoms with E-state index in [2.05, 4.69) is 15.7 Å². The van der Waals surface area contributed by atoms with Gasteiger partial charge in [-0.05, 0) is 25.1 Å². The Hall–Kier alpha value is -1.13. The van der Waals surface area contributed by atoms with Gasteiger partial charge in [0.2, 0.25) is 0 Å². The minimum atomic E-state index is 0.277. The van der Waals surface area contributed by atoms with Crippen LogP contribution in [-0.2, 0) is 6.42 Å². The number of hydrogen-bond donors (Lipinski definition) is 1. The van der Waals surface area contributed by atoms with Crippen LogP contribution in [-0.4, -0.2) is 12.0 Å². The summed E-state index contributed by atoms with van der Waals surface area (Å²) in [5.74, 6) is 0. The Morgan fingerprint density at radius 3 is 3.14 bits per heavy atom. The second-order valence-electron chi connectivity index (χ2n) is 3.09. The fourth-order valence-corrected chi connectivity index (χ4v) is 2.00. The monoisotopic (exact) mass is 208 g/mol. The lowest BCUT2D eigenvalue weighted by Gasteiger charge is -2.11. The minimum absolute atomic E-state index is 0.277. The van der Waals surface area contributed by atoms with Gasteiger partial charge in [0.1, 0.15) is 0 Å². The molecular weight excluding hydrogens is 196 g/mol. The first kappa shape index (κ1) is 9.43. The number of likely N-dealkylation sites (N-methyl/N-ethyl adjacent to an activating group) is 1. The standard InChI is InChI=1S/C10H12N2OS/c1-11-9(10-6-14-7-12-10)4-8-2-3-13-5-8/h2-3,5-7,9,11H,4H2,1H3. The van der Waals surface area contributed by atoms with E-state index in [1.807, 2.05) is 18.6 Å². The smallest absolute Gasteiger partial charge is 0.0935 e. The third kappa shape index (κ3) is 2.02. The molecule has 1 atom stereocenters. The van der Waals surface area contributed by atoms with Crippen molar-refractivity contribution in [2.75, 3.05) is 7.05 Å². The predicted octanol–water partition coefficient (Wildman–Crippen LogP) is 2.24. The predicted molar refractivity (Wildman–Crippen MR) is 56.3 cm³/mol. The van der Waals surface area contributed by atoms with Gasteiger partial charge in [-0.3, -0.25) is 0 Å². The Morgan fingerprint density at radius 2 is 2.57 bits per heavy atom. The zero-order valence-corrected chi connectivity index (χ0v) is 8.75. The number of hydrogen-bond acceptors (Lipinski definition) is 4. The summed E-state index contributed by atoms with van der Waals surface area (Å²) in [6.07, 6.45) is 4.39. The average Bonchev–Trinajstić information content (AvgIpc) is 2.86. The van der Waals surface area contributed by atoms with Crippen LogP contribution >= 0.6 is 11.3 Å². The quantitative estimate of drug-likeness (QED) is 0.837. The van der Waals surface area contributed by atoms with Crippen molar-refractivity contribution >= 4 is 11.3 Å². The van der Waals surface area contributed by atoms with Gasteiger partial charge in [-0.15, -0.1) is 11.3 Å². The van der Waals surface area contributed by atoms with E-state index >= 15 is 0 Å². The van der Waals surface area contributed by atoms with Crippen LogP contribution in [0.3, 0.4) is 0 Å². The summed E-state index contributed by atoms with van der Waals surface area (Å²) in [5.41, 5.74) is 4.14. The average molecular weight is 208 g/mol. The highest BCUT2D eigenvalue weighted by Gasteiger charge is 2.12. The van der Waals surface area contributed by atoms with Gasteiger partial charge in [-0.1, -0.05) is 0 Å². The van der Waals surface area contributed by atoms with E-state index in [1.54, 1.807) is 23.9 Å². The molecule has 1 N–H and O–H groups in total. The third-order valence-electron chi connectivity index (χ3n) is 2.18. The first-order valence-corrected chi connectivity index (χ1v) is 5.41. The second kappa shape index (κ2) is 4.39. The molecule has 2 aromatic heterocycles. The molecule has 1 unspecified atom stereocenters. The Labute approximate surface area is 86.8 Å². The zero-order valence-electron chi connectivity index (χ0n) is 7.93. The molecule has 2 rings (SSSR count). The molecule has 0 saturated carbocycles. The molecule has 4 heteroatoms. The van der Waals surface area contributed by atoms with Crippen molar-refractivity contribution in [1.29, 1.82) is 0 Å². The first-order chi connectivity index (χ1) is 6.90. The van der Waals surface area contributed by atoms with Crippen LogP contribution in [0.4, 0.5) is 0 Å². The van der Waals surface area contributed by atoms with Crippen LogP contribution in [0.1, 0.15) is 17.3 Å². The van der Waals surface area contributed by atoms with Crippen molar-refractivity contribution in [2.24, 2.45) is 0 Å². The van der Waals surface area contributed by atoms with Gasteiger partial charge in [0.25, 0.3) is 0 Å². The zero-order chi connectivity index (χ0) is 9.80. The molecule has 3 nitrogen and oxygen atoms in total. The highest BCUT2D eigenvalue weighted by atomic mass is 32.1. The summed E-state index contributed by atoms with van der Waals surface area (Å²) in [6, 6.07) is 2.26. The SMILES string of the molecule is CNC(Cc1ccoc1)c1cscn1. The largest absolute Gasteiger partial charge is 0.472 e. The third-order valence-corrected chi connectivity index (χ3v) is 2.78. The number of nitrogens with one attached hydrogen (secondary N) is 1. The Kier molecular flexibility index (Phi) is 2.96. The molecule has 0 saturated heterocycles. The van der Waals surface area contributed by atoms with Crippen LogP contribution in [0.15, 0.2) is 33.9 Å². The Bertz CT molecular complexity index is 355. The van der Waals surface area contributed by atoms with Gasteiger partial charge in [0.15, 0.2) is 0 Å². The molecule has 0 fully saturated rings. The molecule has 2 heterocycles. The number of aromatic nitrogens is 1. The maximum atomic E-state index is 5.03. The van der Waals surface area contributed by atoms with Crippen LogP contribution in [0.5, 0.6) is 0 Å². The molecule has 0 aliphatic rings. The van der Waals surface area contributed by atoms with Crippen LogP contribution in [0.2, 0.25) is 0 Å². The van der Waals surface area contributed by atoms with Gasteiger partial charge in [0.05, 0.1) is 29.8 Å². The first-order valence-electron chi connectivity index (χ1n) is 4.46. The van der Waals surface area contributed by atoms with Crippen molar-refractivity contribution in [3.63, 3.8) is 0 Å². The van der Waals surface area contributed by atoms with E-state index in [9.17, 15) is 0 Å². The van der Waals surface area contributed by atoms with E-state index in [0.717, 1.165) is 12.1 Å². The van der Waals surface area contributed by atoms with Gasteiger partial charge in [-0.2, -0.15) is 0 Å². The van der Waals surface area contributed by atoms with Gasteiger partial charge in [0, 0.05) is 5.38 Å². The molecule has 0 amide bonds. The minimum Gasteiger partial charge on any atom is -0.472 e. The lowest BCUT2D eigenvalue weighted by molar-refractivity contribution is 0.548. The van der Waals surface area contributed by atoms with Crippen molar-refractivity contribution in [3.8, 4) is 0 Å². The molecule has 14 heavy (non-hydrogen) atoms. The summed E-state index contributed by atoms with van der Waals surface area (Å²) < 4.78 is 5.03. The van der Waals surface area contributed by atoms with Gasteiger partial charge >= 0.3 is 0 Å². The molecule has 0 spiro atoms. The van der Waals surface area contributed by atoms with Crippen LogP contribution < -0.4 is 5.32 Å².